The fourth-order valence-corrected chi connectivity index (χ4v) is 3.02. The minimum absolute atomic E-state index is 0.0558. The number of allylic oxidation sites excluding steroid dienone is 3. The molecule has 0 heterocycles. The summed E-state index contributed by atoms with van der Waals surface area (Å²) >= 11 is 0. The van der Waals surface area contributed by atoms with Crippen molar-refractivity contribution in [2.75, 3.05) is 0 Å². The van der Waals surface area contributed by atoms with Gasteiger partial charge in [-0.1, -0.05) is 18.2 Å². The molecule has 0 aromatic heterocycles. The van der Waals surface area contributed by atoms with Crippen LogP contribution in [0.4, 0.5) is 0 Å². The zero-order valence-corrected chi connectivity index (χ0v) is 20.7. The molecule has 1 atom stereocenters. The Labute approximate surface area is 207 Å². The third kappa shape index (κ3) is 6.64. The fraction of sp³-hybridized carbons (Fsp3) is 0.400. The van der Waals surface area contributed by atoms with E-state index in [1.165, 1.54) is 45.0 Å². The van der Waals surface area contributed by atoms with Crippen molar-refractivity contribution < 1.29 is 53.7 Å². The van der Waals surface area contributed by atoms with Gasteiger partial charge in [-0.05, 0) is 59.8 Å². The molecule has 2 rings (SSSR count). The predicted octanol–water partition coefficient (Wildman–Crippen LogP) is 3.44. The molecule has 1 aromatic rings. The number of carbonyl (C=O) groups is 5. The van der Waals surface area contributed by atoms with Gasteiger partial charge in [-0.25, -0.2) is 14.4 Å². The van der Waals surface area contributed by atoms with Crippen molar-refractivity contribution in [1.29, 1.82) is 0 Å². The molecule has 1 aromatic carbocycles. The van der Waals surface area contributed by atoms with Crippen LogP contribution < -0.4 is 0 Å². The van der Waals surface area contributed by atoms with Crippen molar-refractivity contribution in [3.05, 3.63) is 58.7 Å². The first-order valence-electron chi connectivity index (χ1n) is 10.8. The largest absolute Gasteiger partial charge is 0.480 e. The van der Waals surface area contributed by atoms with E-state index in [2.05, 4.69) is 4.89 Å². The average molecular weight is 504 g/mol. The lowest BCUT2D eigenvalue weighted by Crippen LogP contribution is -2.47. The molecule has 0 spiro atoms. The Hall–Kier alpha value is -3.83. The normalized spacial score (nSPS) is 17.9. The number of carboxylic acids is 2. The third-order valence-electron chi connectivity index (χ3n) is 4.72. The first-order chi connectivity index (χ1) is 16.5. The molecule has 194 valence electrons. The summed E-state index contributed by atoms with van der Waals surface area (Å²) in [6.45, 7) is 9.66. The highest BCUT2D eigenvalue weighted by Crippen LogP contribution is 2.41. The quantitative estimate of drug-likeness (QED) is 0.231. The van der Waals surface area contributed by atoms with E-state index in [0.717, 1.165) is 12.2 Å². The van der Waals surface area contributed by atoms with Gasteiger partial charge in [-0.2, -0.15) is 9.78 Å². The van der Waals surface area contributed by atoms with Gasteiger partial charge in [0.2, 0.25) is 5.41 Å². The van der Waals surface area contributed by atoms with Crippen LogP contribution in [0.15, 0.2) is 47.6 Å². The van der Waals surface area contributed by atoms with E-state index in [9.17, 15) is 34.2 Å². The molecule has 11 nitrogen and oxygen atoms in total. The van der Waals surface area contributed by atoms with Gasteiger partial charge in [0, 0.05) is 17.6 Å². The Bertz CT molecular complexity index is 1130. The standard InChI is InChI=1S/C25H28O11/c1-23(2,3)35-33-20(29)15-9-7-14(8-10-15)18(26)16-11-12-17(19(27)28)25(13-16,21(30)31)22(32)34-36-24(4,5)6/h7-12H,13H2,1-6H3,(H,27,28)(H,30,31). The molecule has 0 aliphatic heterocycles. The van der Waals surface area contributed by atoms with E-state index in [1.807, 2.05) is 0 Å². The molecular formula is C25H28O11. The van der Waals surface area contributed by atoms with Gasteiger partial charge in [0.25, 0.3) is 0 Å². The maximum absolute atomic E-state index is 13.1. The second-order valence-corrected chi connectivity index (χ2v) is 10.0. The van der Waals surface area contributed by atoms with Gasteiger partial charge in [0.1, 0.15) is 11.2 Å². The molecule has 0 saturated carbocycles. The Balaban J connectivity index is 2.35. The number of carboxylic acid groups (broad SMARTS) is 2. The molecule has 1 aliphatic carbocycles. The molecule has 11 heteroatoms. The van der Waals surface area contributed by atoms with Gasteiger partial charge in [0.15, 0.2) is 5.78 Å². The first-order valence-corrected chi connectivity index (χ1v) is 10.8. The zero-order valence-electron chi connectivity index (χ0n) is 20.7. The Morgan fingerprint density at radius 1 is 0.778 bits per heavy atom. The number of ketones is 1. The summed E-state index contributed by atoms with van der Waals surface area (Å²) in [5, 5.41) is 19.5. The summed E-state index contributed by atoms with van der Waals surface area (Å²) < 4.78 is 0. The number of aliphatic carboxylic acids is 2. The molecule has 0 amide bonds. The molecule has 0 fully saturated rings. The number of benzene rings is 1. The monoisotopic (exact) mass is 504 g/mol. The number of carbonyl (C=O) groups excluding carboxylic acids is 3. The summed E-state index contributed by atoms with van der Waals surface area (Å²) in [5.74, 6) is -6.46. The highest BCUT2D eigenvalue weighted by Gasteiger charge is 2.56. The number of hydrogen-bond acceptors (Lipinski definition) is 9. The number of Topliss-reactive ketones (excluding diaryl/α,β-unsaturated/α-hetero) is 1. The lowest BCUT2D eigenvalue weighted by Gasteiger charge is -2.31. The van der Waals surface area contributed by atoms with Gasteiger partial charge < -0.3 is 10.2 Å². The molecule has 0 radical (unpaired) electrons. The molecule has 2 N–H and O–H groups in total. The minimum atomic E-state index is -2.73. The summed E-state index contributed by atoms with van der Waals surface area (Å²) in [4.78, 5) is 81.4. The van der Waals surface area contributed by atoms with Crippen molar-refractivity contribution >= 4 is 29.7 Å². The molecule has 0 saturated heterocycles. The fourth-order valence-electron chi connectivity index (χ4n) is 3.02. The number of hydrogen-bond donors (Lipinski definition) is 2. The van der Waals surface area contributed by atoms with Crippen LogP contribution in [-0.2, 0) is 33.9 Å². The SMILES string of the molecule is CC(C)(C)OOC(=O)c1ccc(C(=O)C2=CC=C(C(=O)O)C(C(=O)O)(C(=O)OOC(C)(C)C)C2)cc1. The van der Waals surface area contributed by atoms with E-state index in [1.54, 1.807) is 20.8 Å². The van der Waals surface area contributed by atoms with Crippen molar-refractivity contribution in [3.63, 3.8) is 0 Å². The van der Waals surface area contributed by atoms with E-state index in [0.29, 0.717) is 0 Å². The van der Waals surface area contributed by atoms with Crippen LogP contribution in [0.1, 0.15) is 68.7 Å². The zero-order chi connectivity index (χ0) is 27.5. The van der Waals surface area contributed by atoms with E-state index >= 15 is 0 Å². The predicted molar refractivity (Wildman–Crippen MR) is 122 cm³/mol. The Kier molecular flexibility index (Phi) is 8.23. The summed E-state index contributed by atoms with van der Waals surface area (Å²) in [6.07, 6.45) is 1.21. The van der Waals surface area contributed by atoms with Crippen LogP contribution in [-0.4, -0.2) is 51.1 Å². The van der Waals surface area contributed by atoms with Crippen LogP contribution in [0.2, 0.25) is 0 Å². The molecule has 1 aliphatic rings. The van der Waals surface area contributed by atoms with E-state index in [-0.39, 0.29) is 16.7 Å². The van der Waals surface area contributed by atoms with Crippen molar-refractivity contribution in [2.24, 2.45) is 5.41 Å². The maximum Gasteiger partial charge on any atom is 0.373 e. The highest BCUT2D eigenvalue weighted by atomic mass is 17.2. The highest BCUT2D eigenvalue weighted by molar-refractivity contribution is 6.15. The van der Waals surface area contributed by atoms with Crippen LogP contribution in [0.3, 0.4) is 0 Å². The van der Waals surface area contributed by atoms with E-state index < -0.39 is 58.3 Å². The van der Waals surface area contributed by atoms with Crippen LogP contribution in [0.5, 0.6) is 0 Å². The van der Waals surface area contributed by atoms with Gasteiger partial charge in [0.05, 0.1) is 11.1 Å². The van der Waals surface area contributed by atoms with Crippen LogP contribution in [0.25, 0.3) is 0 Å². The van der Waals surface area contributed by atoms with Gasteiger partial charge in [-0.15, -0.1) is 0 Å². The molecule has 36 heavy (non-hydrogen) atoms. The summed E-state index contributed by atoms with van der Waals surface area (Å²) in [5.41, 5.74) is -5.27. The van der Waals surface area contributed by atoms with Crippen molar-refractivity contribution in [1.82, 2.24) is 0 Å². The van der Waals surface area contributed by atoms with Crippen LogP contribution >= 0.6 is 0 Å². The topological polar surface area (TPSA) is 163 Å². The number of rotatable bonds is 8. The lowest BCUT2D eigenvalue weighted by atomic mass is 9.71. The smallest absolute Gasteiger partial charge is 0.373 e. The van der Waals surface area contributed by atoms with Gasteiger partial charge in [-0.3, -0.25) is 19.4 Å². The maximum atomic E-state index is 13.1. The van der Waals surface area contributed by atoms with Crippen molar-refractivity contribution in [3.8, 4) is 0 Å². The van der Waals surface area contributed by atoms with Crippen molar-refractivity contribution in [2.45, 2.75) is 59.2 Å². The molecular weight excluding hydrogens is 476 g/mol. The van der Waals surface area contributed by atoms with E-state index in [4.69, 9.17) is 14.7 Å². The minimum Gasteiger partial charge on any atom is -0.480 e. The summed E-state index contributed by atoms with van der Waals surface area (Å²) in [7, 11) is 0. The molecule has 0 bridgehead atoms. The molecule has 1 unspecified atom stereocenters. The Morgan fingerprint density at radius 3 is 1.75 bits per heavy atom. The Morgan fingerprint density at radius 2 is 1.28 bits per heavy atom. The first kappa shape index (κ1) is 28.4. The summed E-state index contributed by atoms with van der Waals surface area (Å²) in [6, 6.07) is 5.21. The van der Waals surface area contributed by atoms with Gasteiger partial charge >= 0.3 is 23.9 Å². The second kappa shape index (κ2) is 10.4. The second-order valence-electron chi connectivity index (χ2n) is 10.0. The third-order valence-corrected chi connectivity index (χ3v) is 4.72. The lowest BCUT2D eigenvalue weighted by molar-refractivity contribution is -0.325. The van der Waals surface area contributed by atoms with Crippen LogP contribution in [0, 0.1) is 5.41 Å². The average Bonchev–Trinajstić information content (AvgIpc) is 2.78.